The molecule has 0 amide bonds. The zero-order chi connectivity index (χ0) is 18.2. The third kappa shape index (κ3) is 3.27. The summed E-state index contributed by atoms with van der Waals surface area (Å²) >= 11 is 1.72. The first-order valence-corrected chi connectivity index (χ1v) is 9.84. The van der Waals surface area contributed by atoms with Gasteiger partial charge in [-0.05, 0) is 23.6 Å². The number of nitrogens with zero attached hydrogens (tertiary/aromatic N) is 6. The molecule has 138 valence electrons. The number of morpholine rings is 1. The molecule has 1 aliphatic heterocycles. The lowest BCUT2D eigenvalue weighted by Crippen LogP contribution is -2.38. The second-order valence-electron chi connectivity index (χ2n) is 6.82. The molecule has 1 aliphatic rings. The molecular formula is C19H20N6OS. The van der Waals surface area contributed by atoms with Crippen LogP contribution in [0, 0.1) is 0 Å². The minimum absolute atomic E-state index is 0.0690. The van der Waals surface area contributed by atoms with Crippen molar-refractivity contribution >= 4 is 16.9 Å². The molecule has 0 bridgehead atoms. The number of thiophene rings is 1. The van der Waals surface area contributed by atoms with Gasteiger partial charge in [-0.3, -0.25) is 9.58 Å². The molecule has 0 aromatic carbocycles. The number of rotatable bonds is 4. The summed E-state index contributed by atoms with van der Waals surface area (Å²) in [5, 5.41) is 15.1. The molecule has 1 saturated heterocycles. The van der Waals surface area contributed by atoms with Crippen LogP contribution >= 0.6 is 11.3 Å². The van der Waals surface area contributed by atoms with Crippen LogP contribution in [0.3, 0.4) is 0 Å². The van der Waals surface area contributed by atoms with Crippen LogP contribution in [0.5, 0.6) is 0 Å². The molecule has 0 unspecified atom stereocenters. The second-order valence-corrected chi connectivity index (χ2v) is 7.76. The van der Waals surface area contributed by atoms with Crippen LogP contribution in [0.2, 0.25) is 0 Å². The predicted octanol–water partition coefficient (Wildman–Crippen LogP) is 2.76. The molecule has 4 aromatic heterocycles. The number of fused-ring (bicyclic) bond motifs is 1. The van der Waals surface area contributed by atoms with Crippen molar-refractivity contribution < 1.29 is 4.74 Å². The molecule has 5 rings (SSSR count). The minimum atomic E-state index is -0.0690. The SMILES string of the molecule is Cn1cc(CN2CCO[C@@H](c3nnn4cc(-c5cccs5)ccc34)C2)cn1. The lowest BCUT2D eigenvalue weighted by molar-refractivity contribution is -0.0343. The van der Waals surface area contributed by atoms with Crippen molar-refractivity contribution in [3.05, 3.63) is 59.5 Å². The fourth-order valence-electron chi connectivity index (χ4n) is 3.55. The van der Waals surface area contributed by atoms with Gasteiger partial charge in [-0.2, -0.15) is 5.10 Å². The summed E-state index contributed by atoms with van der Waals surface area (Å²) in [7, 11) is 1.94. The highest BCUT2D eigenvalue weighted by Crippen LogP contribution is 2.28. The van der Waals surface area contributed by atoms with Crippen LogP contribution < -0.4 is 0 Å². The fourth-order valence-corrected chi connectivity index (χ4v) is 4.27. The van der Waals surface area contributed by atoms with E-state index in [1.807, 2.05) is 28.6 Å². The van der Waals surface area contributed by atoms with Gasteiger partial charge in [-0.1, -0.05) is 11.3 Å². The van der Waals surface area contributed by atoms with Crippen molar-refractivity contribution in [1.29, 1.82) is 0 Å². The average Bonchev–Trinajstić information content (AvgIpc) is 3.42. The lowest BCUT2D eigenvalue weighted by Gasteiger charge is -2.31. The Kier molecular flexibility index (Phi) is 4.23. The van der Waals surface area contributed by atoms with Crippen LogP contribution in [0.4, 0.5) is 0 Å². The van der Waals surface area contributed by atoms with E-state index in [1.165, 1.54) is 10.4 Å². The van der Waals surface area contributed by atoms with Crippen LogP contribution in [0.1, 0.15) is 17.4 Å². The Bertz CT molecular complexity index is 1050. The monoisotopic (exact) mass is 380 g/mol. The largest absolute Gasteiger partial charge is 0.369 e. The molecule has 8 heteroatoms. The number of hydrogen-bond acceptors (Lipinski definition) is 6. The zero-order valence-electron chi connectivity index (χ0n) is 15.0. The highest BCUT2D eigenvalue weighted by atomic mass is 32.1. The zero-order valence-corrected chi connectivity index (χ0v) is 15.8. The molecule has 0 spiro atoms. The van der Waals surface area contributed by atoms with E-state index in [4.69, 9.17) is 4.74 Å². The molecular weight excluding hydrogens is 360 g/mol. The van der Waals surface area contributed by atoms with Gasteiger partial charge in [0, 0.05) is 55.1 Å². The van der Waals surface area contributed by atoms with E-state index in [0.717, 1.165) is 36.4 Å². The van der Waals surface area contributed by atoms with Crippen molar-refractivity contribution in [1.82, 2.24) is 29.5 Å². The summed E-state index contributed by atoms with van der Waals surface area (Å²) in [4.78, 5) is 3.61. The van der Waals surface area contributed by atoms with Crippen molar-refractivity contribution in [3.8, 4) is 10.4 Å². The smallest absolute Gasteiger partial charge is 0.121 e. The van der Waals surface area contributed by atoms with Crippen molar-refractivity contribution in [3.63, 3.8) is 0 Å². The fraction of sp³-hybridized carbons (Fsp3) is 0.316. The molecule has 0 N–H and O–H groups in total. The Labute approximate surface area is 160 Å². The summed E-state index contributed by atoms with van der Waals surface area (Å²) in [5.74, 6) is 0. The molecule has 1 fully saturated rings. The molecule has 27 heavy (non-hydrogen) atoms. The van der Waals surface area contributed by atoms with Crippen LogP contribution in [0.25, 0.3) is 16.0 Å². The van der Waals surface area contributed by atoms with Crippen molar-refractivity contribution in [2.45, 2.75) is 12.6 Å². The molecule has 1 atom stereocenters. The van der Waals surface area contributed by atoms with Gasteiger partial charge in [-0.25, -0.2) is 4.52 Å². The topological polar surface area (TPSA) is 60.5 Å². The van der Waals surface area contributed by atoms with E-state index in [0.29, 0.717) is 6.61 Å². The summed E-state index contributed by atoms with van der Waals surface area (Å²) < 4.78 is 9.72. The maximum atomic E-state index is 6.03. The second kappa shape index (κ2) is 6.88. The van der Waals surface area contributed by atoms with Gasteiger partial charge in [0.05, 0.1) is 18.3 Å². The van der Waals surface area contributed by atoms with Gasteiger partial charge in [0.2, 0.25) is 0 Å². The molecule has 0 radical (unpaired) electrons. The predicted molar refractivity (Wildman–Crippen MR) is 103 cm³/mol. The Balaban J connectivity index is 1.38. The third-order valence-corrected chi connectivity index (χ3v) is 5.78. The van der Waals surface area contributed by atoms with E-state index in [-0.39, 0.29) is 6.10 Å². The first-order chi connectivity index (χ1) is 13.3. The Hall–Kier alpha value is -2.55. The van der Waals surface area contributed by atoms with Gasteiger partial charge in [0.1, 0.15) is 11.8 Å². The summed E-state index contributed by atoms with van der Waals surface area (Å²) in [6, 6.07) is 8.39. The van der Waals surface area contributed by atoms with Gasteiger partial charge >= 0.3 is 0 Å². The normalized spacial score (nSPS) is 18.3. The van der Waals surface area contributed by atoms with E-state index < -0.39 is 0 Å². The van der Waals surface area contributed by atoms with Crippen LogP contribution in [-0.4, -0.2) is 49.2 Å². The number of hydrogen-bond donors (Lipinski definition) is 0. The van der Waals surface area contributed by atoms with E-state index in [9.17, 15) is 0 Å². The number of aromatic nitrogens is 5. The van der Waals surface area contributed by atoms with E-state index >= 15 is 0 Å². The van der Waals surface area contributed by atoms with Crippen molar-refractivity contribution in [2.24, 2.45) is 7.05 Å². The average molecular weight is 380 g/mol. The quantitative estimate of drug-likeness (QED) is 0.545. The van der Waals surface area contributed by atoms with Gasteiger partial charge in [0.15, 0.2) is 0 Å². The molecule has 0 saturated carbocycles. The van der Waals surface area contributed by atoms with Gasteiger partial charge in [-0.15, -0.1) is 16.4 Å². The molecule has 0 aliphatic carbocycles. The molecule has 5 heterocycles. The standard InChI is InChI=1S/C19H20N6OS/c1-23-10-14(9-20-23)11-24-6-7-26-17(13-24)19-16-5-4-15(12-25(16)22-21-19)18-3-2-8-27-18/h2-5,8-10,12,17H,6-7,11,13H2,1H3/t17-/m1/s1. The number of pyridine rings is 1. The third-order valence-electron chi connectivity index (χ3n) is 4.87. The number of aryl methyl sites for hydroxylation is 1. The maximum Gasteiger partial charge on any atom is 0.121 e. The summed E-state index contributed by atoms with van der Waals surface area (Å²) in [6.45, 7) is 3.27. The van der Waals surface area contributed by atoms with Gasteiger partial charge in [0.25, 0.3) is 0 Å². The van der Waals surface area contributed by atoms with Crippen LogP contribution in [0.15, 0.2) is 48.2 Å². The highest BCUT2D eigenvalue weighted by Gasteiger charge is 2.26. The minimum Gasteiger partial charge on any atom is -0.369 e. The van der Waals surface area contributed by atoms with E-state index in [2.05, 4.69) is 56.2 Å². The lowest BCUT2D eigenvalue weighted by atomic mass is 10.1. The first-order valence-electron chi connectivity index (χ1n) is 8.96. The molecule has 7 nitrogen and oxygen atoms in total. The Morgan fingerprint density at radius 2 is 2.22 bits per heavy atom. The molecule has 4 aromatic rings. The van der Waals surface area contributed by atoms with Crippen molar-refractivity contribution in [2.75, 3.05) is 19.7 Å². The van der Waals surface area contributed by atoms with E-state index in [1.54, 1.807) is 11.3 Å². The summed E-state index contributed by atoms with van der Waals surface area (Å²) in [6.07, 6.45) is 5.95. The first kappa shape index (κ1) is 16.6. The highest BCUT2D eigenvalue weighted by molar-refractivity contribution is 7.13. The maximum absolute atomic E-state index is 6.03. The summed E-state index contributed by atoms with van der Waals surface area (Å²) in [5.41, 5.74) is 4.27. The Morgan fingerprint density at radius 3 is 3.04 bits per heavy atom. The van der Waals surface area contributed by atoms with Gasteiger partial charge < -0.3 is 4.74 Å². The number of ether oxygens (including phenoxy) is 1. The van der Waals surface area contributed by atoms with Crippen LogP contribution in [-0.2, 0) is 18.3 Å². The Morgan fingerprint density at radius 1 is 1.26 bits per heavy atom.